The Kier molecular flexibility index (Phi) is 4.57. The van der Waals surface area contributed by atoms with Gasteiger partial charge in [0, 0.05) is 19.0 Å². The summed E-state index contributed by atoms with van der Waals surface area (Å²) in [4.78, 5) is 25.2. The molecule has 0 saturated carbocycles. The SMILES string of the molecule is COc1ccccc1NC(=O)CN1CC(N)CCC1=O. The van der Waals surface area contributed by atoms with E-state index in [2.05, 4.69) is 5.32 Å². The van der Waals surface area contributed by atoms with Crippen LogP contribution in [0, 0.1) is 0 Å². The molecule has 0 bridgehead atoms. The number of anilines is 1. The number of ether oxygens (including phenoxy) is 1. The third kappa shape index (κ3) is 3.48. The maximum Gasteiger partial charge on any atom is 0.244 e. The second kappa shape index (κ2) is 6.38. The first-order valence-electron chi connectivity index (χ1n) is 6.56. The molecular weight excluding hydrogens is 258 g/mol. The van der Waals surface area contributed by atoms with Crippen molar-refractivity contribution in [1.29, 1.82) is 0 Å². The van der Waals surface area contributed by atoms with Crippen molar-refractivity contribution < 1.29 is 14.3 Å². The highest BCUT2D eigenvalue weighted by molar-refractivity contribution is 5.95. The van der Waals surface area contributed by atoms with Crippen LogP contribution in [0.25, 0.3) is 0 Å². The van der Waals surface area contributed by atoms with Crippen molar-refractivity contribution >= 4 is 17.5 Å². The van der Waals surface area contributed by atoms with Crippen LogP contribution in [-0.4, -0.2) is 43.0 Å². The van der Waals surface area contributed by atoms with Gasteiger partial charge in [0.05, 0.1) is 19.3 Å². The topological polar surface area (TPSA) is 84.7 Å². The number of nitrogens with two attached hydrogens (primary N) is 1. The molecule has 1 aromatic carbocycles. The number of para-hydroxylation sites is 2. The molecule has 0 aliphatic carbocycles. The summed E-state index contributed by atoms with van der Waals surface area (Å²) >= 11 is 0. The fraction of sp³-hybridized carbons (Fsp3) is 0.429. The Morgan fingerprint density at radius 1 is 1.50 bits per heavy atom. The molecular formula is C14H19N3O3. The van der Waals surface area contributed by atoms with Crippen molar-refractivity contribution in [2.75, 3.05) is 25.5 Å². The Labute approximate surface area is 117 Å². The highest BCUT2D eigenvalue weighted by Gasteiger charge is 2.25. The molecule has 1 aromatic rings. The number of carbonyl (C=O) groups excluding carboxylic acids is 2. The Balaban J connectivity index is 1.96. The minimum atomic E-state index is -0.253. The molecule has 2 rings (SSSR count). The van der Waals surface area contributed by atoms with Crippen LogP contribution in [0.3, 0.4) is 0 Å². The predicted molar refractivity (Wildman–Crippen MR) is 75.4 cm³/mol. The number of hydrogen-bond acceptors (Lipinski definition) is 4. The zero-order valence-electron chi connectivity index (χ0n) is 11.5. The molecule has 1 atom stereocenters. The highest BCUT2D eigenvalue weighted by Crippen LogP contribution is 2.23. The van der Waals surface area contributed by atoms with Crippen LogP contribution >= 0.6 is 0 Å². The average molecular weight is 277 g/mol. The lowest BCUT2D eigenvalue weighted by Crippen LogP contribution is -2.48. The lowest BCUT2D eigenvalue weighted by molar-refractivity contribution is -0.137. The van der Waals surface area contributed by atoms with Gasteiger partial charge in [0.15, 0.2) is 0 Å². The molecule has 20 heavy (non-hydrogen) atoms. The van der Waals surface area contributed by atoms with E-state index >= 15 is 0 Å². The number of nitrogens with zero attached hydrogens (tertiary/aromatic N) is 1. The normalized spacial score (nSPS) is 18.8. The van der Waals surface area contributed by atoms with Crippen LogP contribution in [0.15, 0.2) is 24.3 Å². The fourth-order valence-corrected chi connectivity index (χ4v) is 2.21. The number of piperidine rings is 1. The maximum absolute atomic E-state index is 12.0. The molecule has 1 unspecified atom stereocenters. The molecule has 1 aliphatic heterocycles. The summed E-state index contributed by atoms with van der Waals surface area (Å²) in [6, 6.07) is 7.09. The van der Waals surface area contributed by atoms with Gasteiger partial charge in [0.25, 0.3) is 0 Å². The van der Waals surface area contributed by atoms with E-state index in [1.54, 1.807) is 18.2 Å². The van der Waals surface area contributed by atoms with Crippen LogP contribution in [0.2, 0.25) is 0 Å². The van der Waals surface area contributed by atoms with E-state index in [9.17, 15) is 9.59 Å². The third-order valence-electron chi connectivity index (χ3n) is 3.25. The van der Waals surface area contributed by atoms with Gasteiger partial charge in [0.2, 0.25) is 11.8 Å². The number of methoxy groups -OCH3 is 1. The molecule has 1 aliphatic rings. The molecule has 2 amide bonds. The molecule has 0 aromatic heterocycles. The van der Waals surface area contributed by atoms with Crippen molar-refractivity contribution in [3.8, 4) is 5.75 Å². The summed E-state index contributed by atoms with van der Waals surface area (Å²) < 4.78 is 5.16. The van der Waals surface area contributed by atoms with E-state index in [0.29, 0.717) is 30.8 Å². The number of hydrogen-bond donors (Lipinski definition) is 2. The van der Waals surface area contributed by atoms with E-state index in [-0.39, 0.29) is 24.4 Å². The van der Waals surface area contributed by atoms with Gasteiger partial charge in [-0.2, -0.15) is 0 Å². The number of benzene rings is 1. The van der Waals surface area contributed by atoms with Crippen LogP contribution in [-0.2, 0) is 9.59 Å². The van der Waals surface area contributed by atoms with Gasteiger partial charge in [-0.15, -0.1) is 0 Å². The standard InChI is InChI=1S/C14H19N3O3/c1-20-12-5-3-2-4-11(12)16-13(18)9-17-8-10(15)6-7-14(17)19/h2-5,10H,6-9,15H2,1H3,(H,16,18). The monoisotopic (exact) mass is 277 g/mol. The highest BCUT2D eigenvalue weighted by atomic mass is 16.5. The minimum absolute atomic E-state index is 0.0184. The number of amides is 2. The van der Waals surface area contributed by atoms with E-state index in [0.717, 1.165) is 0 Å². The van der Waals surface area contributed by atoms with Gasteiger partial charge in [-0.25, -0.2) is 0 Å². The zero-order chi connectivity index (χ0) is 14.5. The van der Waals surface area contributed by atoms with Gasteiger partial charge >= 0.3 is 0 Å². The largest absolute Gasteiger partial charge is 0.495 e. The van der Waals surface area contributed by atoms with Gasteiger partial charge in [0.1, 0.15) is 5.75 Å². The summed E-state index contributed by atoms with van der Waals surface area (Å²) in [6.07, 6.45) is 1.09. The smallest absolute Gasteiger partial charge is 0.244 e. The van der Waals surface area contributed by atoms with Crippen molar-refractivity contribution in [2.24, 2.45) is 5.73 Å². The summed E-state index contributed by atoms with van der Waals surface area (Å²) in [5.41, 5.74) is 6.41. The van der Waals surface area contributed by atoms with Crippen LogP contribution < -0.4 is 15.8 Å². The van der Waals surface area contributed by atoms with Gasteiger partial charge in [-0.05, 0) is 18.6 Å². The van der Waals surface area contributed by atoms with Crippen LogP contribution in [0.4, 0.5) is 5.69 Å². The molecule has 108 valence electrons. The van der Waals surface area contributed by atoms with Gasteiger partial charge < -0.3 is 20.7 Å². The quantitative estimate of drug-likeness (QED) is 0.843. The molecule has 1 heterocycles. The molecule has 0 spiro atoms. The van der Waals surface area contributed by atoms with Crippen molar-refractivity contribution in [3.05, 3.63) is 24.3 Å². The second-order valence-electron chi connectivity index (χ2n) is 4.82. The number of nitrogens with one attached hydrogen (secondary N) is 1. The Bertz CT molecular complexity index is 504. The lowest BCUT2D eigenvalue weighted by Gasteiger charge is -2.30. The second-order valence-corrected chi connectivity index (χ2v) is 4.82. The summed E-state index contributed by atoms with van der Waals surface area (Å²) in [6.45, 7) is 0.447. The molecule has 0 radical (unpaired) electrons. The number of carbonyl (C=O) groups is 2. The van der Waals surface area contributed by atoms with Gasteiger partial charge in [-0.1, -0.05) is 12.1 Å². The fourth-order valence-electron chi connectivity index (χ4n) is 2.21. The first-order chi connectivity index (χ1) is 9.60. The van der Waals surface area contributed by atoms with Crippen molar-refractivity contribution in [1.82, 2.24) is 4.90 Å². The van der Waals surface area contributed by atoms with Crippen LogP contribution in [0.5, 0.6) is 5.75 Å². The number of likely N-dealkylation sites (tertiary alicyclic amines) is 1. The third-order valence-corrected chi connectivity index (χ3v) is 3.25. The van der Waals surface area contributed by atoms with Gasteiger partial charge in [-0.3, -0.25) is 9.59 Å². The molecule has 1 saturated heterocycles. The van der Waals surface area contributed by atoms with E-state index in [1.807, 2.05) is 6.07 Å². The maximum atomic E-state index is 12.0. The average Bonchev–Trinajstić information content (AvgIpc) is 2.43. The molecule has 3 N–H and O–H groups in total. The van der Waals surface area contributed by atoms with E-state index in [4.69, 9.17) is 10.5 Å². The van der Waals surface area contributed by atoms with Crippen molar-refractivity contribution in [2.45, 2.75) is 18.9 Å². The Hall–Kier alpha value is -2.08. The summed E-state index contributed by atoms with van der Waals surface area (Å²) in [5.74, 6) is 0.307. The number of rotatable bonds is 4. The van der Waals surface area contributed by atoms with Crippen LogP contribution in [0.1, 0.15) is 12.8 Å². The predicted octanol–water partition coefficient (Wildman–Crippen LogP) is 0.583. The molecule has 1 fully saturated rings. The molecule has 6 heteroatoms. The summed E-state index contributed by atoms with van der Waals surface area (Å²) in [5, 5.41) is 2.75. The lowest BCUT2D eigenvalue weighted by atomic mass is 10.1. The van der Waals surface area contributed by atoms with E-state index < -0.39 is 0 Å². The first kappa shape index (κ1) is 14.3. The minimum Gasteiger partial charge on any atom is -0.495 e. The summed E-state index contributed by atoms with van der Waals surface area (Å²) in [7, 11) is 1.54. The molecule has 6 nitrogen and oxygen atoms in total. The Morgan fingerprint density at radius 3 is 3.00 bits per heavy atom. The zero-order valence-corrected chi connectivity index (χ0v) is 11.5. The van der Waals surface area contributed by atoms with E-state index in [1.165, 1.54) is 12.0 Å². The first-order valence-corrected chi connectivity index (χ1v) is 6.56. The Morgan fingerprint density at radius 2 is 2.25 bits per heavy atom. The van der Waals surface area contributed by atoms with Crippen molar-refractivity contribution in [3.63, 3.8) is 0 Å².